The van der Waals surface area contributed by atoms with Crippen LogP contribution in [0.4, 0.5) is 8.78 Å². The Bertz CT molecular complexity index is 273. The average Bonchev–Trinajstić information content (AvgIpc) is 2.35. The lowest BCUT2D eigenvalue weighted by Gasteiger charge is -2.08. The van der Waals surface area contributed by atoms with Gasteiger partial charge in [-0.3, -0.25) is 4.21 Å². The normalized spacial score (nSPS) is 26.3. The van der Waals surface area contributed by atoms with Crippen molar-refractivity contribution in [3.8, 4) is 0 Å². The average molecular weight is 241 g/mol. The number of hydrogen-bond acceptors (Lipinski definition) is 4. The van der Waals surface area contributed by atoms with Crippen molar-refractivity contribution in [1.29, 1.82) is 0 Å². The van der Waals surface area contributed by atoms with Crippen LogP contribution in [-0.4, -0.2) is 47.3 Å². The van der Waals surface area contributed by atoms with Gasteiger partial charge in [0.15, 0.2) is 0 Å². The minimum absolute atomic E-state index is 0.179. The Morgan fingerprint density at radius 2 is 2.33 bits per heavy atom. The smallest absolute Gasteiger partial charge is 0.377 e. The molecule has 15 heavy (non-hydrogen) atoms. The second-order valence-electron chi connectivity index (χ2n) is 3.42. The first-order chi connectivity index (χ1) is 6.92. The predicted octanol–water partition coefficient (Wildman–Crippen LogP) is -0.0947. The molecule has 1 aliphatic rings. The molecule has 0 aliphatic carbocycles. The Hall–Kier alpha value is -0.560. The highest BCUT2D eigenvalue weighted by Crippen LogP contribution is 2.30. The first-order valence-corrected chi connectivity index (χ1v) is 6.24. The summed E-state index contributed by atoms with van der Waals surface area (Å²) in [6.07, 6.45) is 0.206. The Balaban J connectivity index is 2.19. The van der Waals surface area contributed by atoms with Gasteiger partial charge in [-0.05, 0) is 0 Å². The van der Waals surface area contributed by atoms with Crippen LogP contribution < -0.4 is 5.32 Å². The third kappa shape index (κ3) is 3.83. The maximum Gasteiger partial charge on any atom is 0.377 e. The van der Waals surface area contributed by atoms with Crippen molar-refractivity contribution in [2.75, 3.05) is 25.1 Å². The maximum atomic E-state index is 12.7. The van der Waals surface area contributed by atoms with Gasteiger partial charge in [-0.1, -0.05) is 0 Å². The summed E-state index contributed by atoms with van der Waals surface area (Å²) in [5.74, 6) is -4.34. The largest absolute Gasteiger partial charge is 0.456 e. The number of ether oxygens (including phenoxy) is 1. The maximum absolute atomic E-state index is 12.7. The van der Waals surface area contributed by atoms with Gasteiger partial charge in [0.1, 0.15) is 6.10 Å². The zero-order valence-corrected chi connectivity index (χ0v) is 9.11. The third-order valence-electron chi connectivity index (χ3n) is 1.99. The van der Waals surface area contributed by atoms with Crippen LogP contribution in [-0.2, 0) is 20.3 Å². The molecule has 2 unspecified atom stereocenters. The minimum Gasteiger partial charge on any atom is -0.456 e. The number of rotatable bonds is 5. The van der Waals surface area contributed by atoms with Crippen molar-refractivity contribution < 1.29 is 22.5 Å². The summed E-state index contributed by atoms with van der Waals surface area (Å²) in [5, 5.41) is 2.81. The fourth-order valence-electron chi connectivity index (χ4n) is 1.24. The quantitative estimate of drug-likeness (QED) is 0.539. The highest BCUT2D eigenvalue weighted by Gasteiger charge is 2.50. The number of halogens is 2. The molecule has 0 radical (unpaired) electrons. The van der Waals surface area contributed by atoms with E-state index in [1.165, 1.54) is 0 Å². The van der Waals surface area contributed by atoms with Crippen molar-refractivity contribution in [3.63, 3.8) is 0 Å². The summed E-state index contributed by atoms with van der Waals surface area (Å²) < 4.78 is 40.5. The van der Waals surface area contributed by atoms with Gasteiger partial charge in [0.25, 0.3) is 0 Å². The summed E-state index contributed by atoms with van der Waals surface area (Å²) in [6, 6.07) is 0. The fraction of sp³-hybridized carbons (Fsp3) is 0.875. The van der Waals surface area contributed by atoms with Crippen LogP contribution in [0.1, 0.15) is 6.42 Å². The molecule has 0 aromatic heterocycles. The van der Waals surface area contributed by atoms with E-state index in [9.17, 15) is 17.8 Å². The molecule has 1 saturated heterocycles. The Morgan fingerprint density at radius 1 is 1.67 bits per heavy atom. The monoisotopic (exact) mass is 241 g/mol. The molecule has 0 bridgehead atoms. The van der Waals surface area contributed by atoms with Crippen molar-refractivity contribution in [2.24, 2.45) is 0 Å². The van der Waals surface area contributed by atoms with Crippen LogP contribution in [0.2, 0.25) is 0 Å². The van der Waals surface area contributed by atoms with E-state index in [2.05, 4.69) is 10.1 Å². The molecule has 2 atom stereocenters. The molecule has 88 valence electrons. The molecule has 1 fully saturated rings. The lowest BCUT2D eigenvalue weighted by Crippen LogP contribution is -2.30. The van der Waals surface area contributed by atoms with E-state index < -0.39 is 35.2 Å². The molecule has 0 aromatic carbocycles. The molecule has 0 aromatic rings. The van der Waals surface area contributed by atoms with E-state index in [-0.39, 0.29) is 6.54 Å². The summed E-state index contributed by atoms with van der Waals surface area (Å²) in [6.45, 7) is 0.640. The van der Waals surface area contributed by atoms with E-state index in [4.69, 9.17) is 0 Å². The van der Waals surface area contributed by atoms with Crippen LogP contribution in [0.25, 0.3) is 0 Å². The summed E-state index contributed by atoms with van der Waals surface area (Å²) in [4.78, 5) is 10.6. The van der Waals surface area contributed by atoms with Crippen molar-refractivity contribution in [3.05, 3.63) is 0 Å². The van der Waals surface area contributed by atoms with E-state index in [0.717, 1.165) is 0 Å². The number of esters is 1. The Kier molecular flexibility index (Phi) is 4.15. The highest BCUT2D eigenvalue weighted by molar-refractivity contribution is 7.84. The Morgan fingerprint density at radius 3 is 2.80 bits per heavy atom. The van der Waals surface area contributed by atoms with E-state index >= 15 is 0 Å². The second kappa shape index (κ2) is 4.98. The van der Waals surface area contributed by atoms with Crippen molar-refractivity contribution >= 4 is 16.8 Å². The molecule has 0 amide bonds. The SMILES string of the molecule is CS(=O)CCNCC1CC(F)(F)C(=O)O1. The van der Waals surface area contributed by atoms with E-state index in [1.54, 1.807) is 6.26 Å². The predicted molar refractivity (Wildman–Crippen MR) is 51.2 cm³/mol. The molecule has 0 saturated carbocycles. The van der Waals surface area contributed by atoms with Gasteiger partial charge in [-0.15, -0.1) is 0 Å². The van der Waals surface area contributed by atoms with Crippen LogP contribution in [0.5, 0.6) is 0 Å². The molecule has 1 heterocycles. The van der Waals surface area contributed by atoms with Crippen molar-refractivity contribution in [1.82, 2.24) is 5.32 Å². The molecule has 4 nitrogen and oxygen atoms in total. The number of carbonyl (C=O) groups excluding carboxylic acids is 1. The van der Waals surface area contributed by atoms with Crippen LogP contribution in [0, 0.1) is 0 Å². The standard InChI is InChI=1S/C8H13F2NO3S/c1-15(13)3-2-11-5-6-4-8(9,10)7(12)14-6/h6,11H,2-5H2,1H3. The number of nitrogens with one attached hydrogen (secondary N) is 1. The number of cyclic esters (lactones) is 1. The molecular formula is C8H13F2NO3S. The molecular weight excluding hydrogens is 228 g/mol. The second-order valence-corrected chi connectivity index (χ2v) is 4.97. The first-order valence-electron chi connectivity index (χ1n) is 4.51. The fourth-order valence-corrected chi connectivity index (χ4v) is 1.67. The van der Waals surface area contributed by atoms with Crippen molar-refractivity contribution in [2.45, 2.75) is 18.4 Å². The van der Waals surface area contributed by atoms with Gasteiger partial charge < -0.3 is 10.1 Å². The van der Waals surface area contributed by atoms with Gasteiger partial charge in [0.2, 0.25) is 0 Å². The molecule has 1 N–H and O–H groups in total. The van der Waals surface area contributed by atoms with Gasteiger partial charge in [-0.2, -0.15) is 8.78 Å². The van der Waals surface area contributed by atoms with E-state index in [0.29, 0.717) is 12.3 Å². The number of carbonyl (C=O) groups is 1. The van der Waals surface area contributed by atoms with Crippen LogP contribution in [0.15, 0.2) is 0 Å². The zero-order valence-electron chi connectivity index (χ0n) is 8.29. The van der Waals surface area contributed by atoms with Gasteiger partial charge in [-0.25, -0.2) is 4.79 Å². The van der Waals surface area contributed by atoms with Gasteiger partial charge >= 0.3 is 11.9 Å². The third-order valence-corrected chi connectivity index (χ3v) is 2.77. The zero-order chi connectivity index (χ0) is 11.5. The molecule has 1 rings (SSSR count). The highest BCUT2D eigenvalue weighted by atomic mass is 32.2. The number of hydrogen-bond donors (Lipinski definition) is 1. The minimum atomic E-state index is -3.35. The summed E-state index contributed by atoms with van der Waals surface area (Å²) in [5.41, 5.74) is 0. The lowest BCUT2D eigenvalue weighted by atomic mass is 10.2. The molecule has 1 aliphatic heterocycles. The number of alkyl halides is 2. The topological polar surface area (TPSA) is 55.4 Å². The van der Waals surface area contributed by atoms with Gasteiger partial charge in [0, 0.05) is 35.9 Å². The summed E-state index contributed by atoms with van der Waals surface area (Å²) in [7, 11) is -0.909. The Labute approximate surface area is 88.8 Å². The van der Waals surface area contributed by atoms with Crippen LogP contribution in [0.3, 0.4) is 0 Å². The first kappa shape index (κ1) is 12.5. The summed E-state index contributed by atoms with van der Waals surface area (Å²) >= 11 is 0. The van der Waals surface area contributed by atoms with E-state index in [1.807, 2.05) is 0 Å². The molecule has 7 heteroatoms. The lowest BCUT2D eigenvalue weighted by molar-refractivity contribution is -0.158. The molecule has 0 spiro atoms. The van der Waals surface area contributed by atoms with Gasteiger partial charge in [0.05, 0.1) is 6.42 Å². The van der Waals surface area contributed by atoms with Crippen LogP contribution >= 0.6 is 0 Å².